The van der Waals surface area contributed by atoms with E-state index in [1.54, 1.807) is 0 Å². The third kappa shape index (κ3) is 4.96. The molecule has 0 heterocycles. The SMILES string of the molecule is CCC[C@H](N[C@H](C(N)=O)C(F)(F)C(C)C)C(OC)OC. The molecule has 3 N–H and O–H groups in total. The van der Waals surface area contributed by atoms with Crippen molar-refractivity contribution in [2.45, 2.75) is 57.9 Å². The van der Waals surface area contributed by atoms with Gasteiger partial charge in [-0.05, 0) is 6.42 Å². The fourth-order valence-corrected chi connectivity index (χ4v) is 1.96. The van der Waals surface area contributed by atoms with E-state index in [1.807, 2.05) is 6.92 Å². The first-order valence-corrected chi connectivity index (χ1v) is 6.71. The number of primary amides is 1. The number of methoxy groups -OCH3 is 2. The van der Waals surface area contributed by atoms with E-state index in [0.717, 1.165) is 6.42 Å². The third-order valence-electron chi connectivity index (χ3n) is 3.21. The molecule has 0 spiro atoms. The molecule has 5 nitrogen and oxygen atoms in total. The zero-order valence-corrected chi connectivity index (χ0v) is 12.8. The molecule has 1 amide bonds. The summed E-state index contributed by atoms with van der Waals surface area (Å²) in [5.41, 5.74) is 5.13. The minimum absolute atomic E-state index is 0.518. The summed E-state index contributed by atoms with van der Waals surface area (Å²) in [4.78, 5) is 11.4. The highest BCUT2D eigenvalue weighted by atomic mass is 19.3. The van der Waals surface area contributed by atoms with E-state index in [1.165, 1.54) is 28.1 Å². The van der Waals surface area contributed by atoms with Crippen LogP contribution in [0.3, 0.4) is 0 Å². The molecule has 0 fully saturated rings. The van der Waals surface area contributed by atoms with Gasteiger partial charge in [0, 0.05) is 20.1 Å². The quantitative estimate of drug-likeness (QED) is 0.599. The molecule has 0 aromatic heterocycles. The van der Waals surface area contributed by atoms with Crippen LogP contribution in [0.25, 0.3) is 0 Å². The first-order valence-electron chi connectivity index (χ1n) is 6.71. The summed E-state index contributed by atoms with van der Waals surface area (Å²) in [5.74, 6) is -5.35. The van der Waals surface area contributed by atoms with Gasteiger partial charge in [-0.1, -0.05) is 27.2 Å². The van der Waals surface area contributed by atoms with E-state index in [0.29, 0.717) is 6.42 Å². The van der Waals surface area contributed by atoms with Gasteiger partial charge in [-0.25, -0.2) is 8.78 Å². The third-order valence-corrected chi connectivity index (χ3v) is 3.21. The lowest BCUT2D eigenvalue weighted by Gasteiger charge is -2.34. The van der Waals surface area contributed by atoms with Crippen molar-refractivity contribution in [3.05, 3.63) is 0 Å². The van der Waals surface area contributed by atoms with Crippen molar-refractivity contribution in [2.75, 3.05) is 14.2 Å². The second-order valence-electron chi connectivity index (χ2n) is 5.07. The minimum atomic E-state index is -3.25. The molecule has 7 heteroatoms. The largest absolute Gasteiger partial charge is 0.368 e. The molecule has 0 aliphatic rings. The molecule has 0 saturated heterocycles. The van der Waals surface area contributed by atoms with Crippen LogP contribution in [0.2, 0.25) is 0 Å². The molecule has 0 radical (unpaired) electrons. The van der Waals surface area contributed by atoms with Gasteiger partial charge in [-0.2, -0.15) is 0 Å². The molecule has 0 aliphatic heterocycles. The fourth-order valence-electron chi connectivity index (χ4n) is 1.96. The number of amides is 1. The molecule has 0 unspecified atom stereocenters. The number of nitrogens with one attached hydrogen (secondary N) is 1. The Morgan fingerprint density at radius 2 is 1.80 bits per heavy atom. The number of halogens is 2. The van der Waals surface area contributed by atoms with E-state index >= 15 is 0 Å². The summed E-state index contributed by atoms with van der Waals surface area (Å²) in [6.45, 7) is 4.59. The van der Waals surface area contributed by atoms with Gasteiger partial charge in [0.25, 0.3) is 5.92 Å². The van der Waals surface area contributed by atoms with Gasteiger partial charge in [0.1, 0.15) is 0 Å². The lowest BCUT2D eigenvalue weighted by molar-refractivity contribution is -0.150. The van der Waals surface area contributed by atoms with Crippen LogP contribution in [0.4, 0.5) is 8.78 Å². The lowest BCUT2D eigenvalue weighted by atomic mass is 9.96. The average Bonchev–Trinajstić information content (AvgIpc) is 2.36. The van der Waals surface area contributed by atoms with Crippen LogP contribution in [0.15, 0.2) is 0 Å². The zero-order valence-electron chi connectivity index (χ0n) is 12.8. The molecule has 20 heavy (non-hydrogen) atoms. The smallest absolute Gasteiger partial charge is 0.274 e. The average molecular weight is 296 g/mol. The maximum absolute atomic E-state index is 14.1. The van der Waals surface area contributed by atoms with Crippen molar-refractivity contribution < 1.29 is 23.0 Å². The van der Waals surface area contributed by atoms with Crippen LogP contribution in [0.5, 0.6) is 0 Å². The normalized spacial score (nSPS) is 15.7. The van der Waals surface area contributed by atoms with Crippen molar-refractivity contribution in [1.29, 1.82) is 0 Å². The van der Waals surface area contributed by atoms with Gasteiger partial charge >= 0.3 is 0 Å². The first-order chi connectivity index (χ1) is 9.22. The van der Waals surface area contributed by atoms with E-state index < -0.39 is 36.1 Å². The summed E-state index contributed by atoms with van der Waals surface area (Å²) < 4.78 is 38.3. The maximum Gasteiger partial charge on any atom is 0.274 e. The zero-order chi connectivity index (χ0) is 15.9. The molecule has 120 valence electrons. The molecular formula is C13H26F2N2O3. The predicted molar refractivity (Wildman–Crippen MR) is 72.4 cm³/mol. The molecular weight excluding hydrogens is 270 g/mol. The van der Waals surface area contributed by atoms with Crippen molar-refractivity contribution in [2.24, 2.45) is 11.7 Å². The highest BCUT2D eigenvalue weighted by Crippen LogP contribution is 2.29. The van der Waals surface area contributed by atoms with Crippen LogP contribution in [-0.2, 0) is 14.3 Å². The summed E-state index contributed by atoms with van der Waals surface area (Å²) in [6.07, 6.45) is 0.518. The van der Waals surface area contributed by atoms with E-state index in [2.05, 4.69) is 5.32 Å². The Balaban J connectivity index is 5.15. The highest BCUT2D eigenvalue weighted by molar-refractivity contribution is 5.81. The van der Waals surface area contributed by atoms with Crippen LogP contribution in [0, 0.1) is 5.92 Å². The Labute approximate surface area is 119 Å². The topological polar surface area (TPSA) is 73.6 Å². The van der Waals surface area contributed by atoms with Crippen molar-refractivity contribution in [3.63, 3.8) is 0 Å². The number of hydrogen-bond donors (Lipinski definition) is 2. The first kappa shape index (κ1) is 19.2. The van der Waals surface area contributed by atoms with Crippen LogP contribution < -0.4 is 11.1 Å². The Morgan fingerprint density at radius 3 is 2.10 bits per heavy atom. The van der Waals surface area contributed by atoms with Gasteiger partial charge in [-0.3, -0.25) is 10.1 Å². The Hall–Kier alpha value is -0.790. The Kier molecular flexibility index (Phi) is 8.15. The van der Waals surface area contributed by atoms with Crippen molar-refractivity contribution in [3.8, 4) is 0 Å². The van der Waals surface area contributed by atoms with Gasteiger partial charge in [0.15, 0.2) is 12.3 Å². The van der Waals surface area contributed by atoms with Gasteiger partial charge in [0.2, 0.25) is 5.91 Å². The lowest BCUT2D eigenvalue weighted by Crippen LogP contribution is -2.60. The number of hydrogen-bond acceptors (Lipinski definition) is 4. The van der Waals surface area contributed by atoms with Crippen LogP contribution in [-0.4, -0.2) is 44.4 Å². The fraction of sp³-hybridized carbons (Fsp3) is 0.923. The van der Waals surface area contributed by atoms with Gasteiger partial charge in [0.05, 0.1) is 6.04 Å². The molecule has 0 rings (SSSR count). The number of alkyl halides is 2. The molecule has 0 aliphatic carbocycles. The van der Waals surface area contributed by atoms with Gasteiger partial charge < -0.3 is 15.2 Å². The summed E-state index contributed by atoms with van der Waals surface area (Å²) in [7, 11) is 2.83. The number of carbonyl (C=O) groups is 1. The standard InChI is InChI=1S/C13H26F2N2O3/c1-6-7-9(12(19-4)20-5)17-10(11(16)18)13(14,15)8(2)3/h8-10,12,17H,6-7H2,1-5H3,(H2,16,18)/t9-,10+/m0/s1. The maximum atomic E-state index is 14.1. The van der Waals surface area contributed by atoms with Gasteiger partial charge in [-0.15, -0.1) is 0 Å². The molecule has 0 bridgehead atoms. The van der Waals surface area contributed by atoms with Crippen molar-refractivity contribution >= 4 is 5.91 Å². The number of ether oxygens (including phenoxy) is 2. The second-order valence-corrected chi connectivity index (χ2v) is 5.07. The molecule has 2 atom stereocenters. The van der Waals surface area contributed by atoms with E-state index in [-0.39, 0.29) is 0 Å². The monoisotopic (exact) mass is 296 g/mol. The molecule has 0 aromatic carbocycles. The Morgan fingerprint density at radius 1 is 1.30 bits per heavy atom. The number of carbonyl (C=O) groups excluding carboxylic acids is 1. The van der Waals surface area contributed by atoms with E-state index in [4.69, 9.17) is 15.2 Å². The highest BCUT2D eigenvalue weighted by Gasteiger charge is 2.47. The van der Waals surface area contributed by atoms with E-state index in [9.17, 15) is 13.6 Å². The number of nitrogens with two attached hydrogens (primary N) is 1. The predicted octanol–water partition coefficient (Wildman–Crippen LogP) is 1.51. The van der Waals surface area contributed by atoms with Crippen molar-refractivity contribution in [1.82, 2.24) is 5.32 Å². The van der Waals surface area contributed by atoms with Crippen LogP contribution in [0.1, 0.15) is 33.6 Å². The minimum Gasteiger partial charge on any atom is -0.368 e. The Bertz CT molecular complexity index is 297. The molecule has 0 saturated carbocycles. The second kappa shape index (κ2) is 8.49. The molecule has 0 aromatic rings. The number of rotatable bonds is 10. The summed E-state index contributed by atoms with van der Waals surface area (Å²) in [5, 5.41) is 2.60. The summed E-state index contributed by atoms with van der Waals surface area (Å²) in [6, 6.07) is -2.30. The summed E-state index contributed by atoms with van der Waals surface area (Å²) >= 11 is 0. The van der Waals surface area contributed by atoms with Crippen LogP contribution >= 0.6 is 0 Å².